The number of rotatable bonds is 5. The van der Waals surface area contributed by atoms with E-state index in [0.29, 0.717) is 11.8 Å². The van der Waals surface area contributed by atoms with E-state index in [9.17, 15) is 4.79 Å². The third kappa shape index (κ3) is 4.12. The summed E-state index contributed by atoms with van der Waals surface area (Å²) in [5, 5.41) is 3.06. The van der Waals surface area contributed by atoms with Gasteiger partial charge in [0.25, 0.3) is 0 Å². The van der Waals surface area contributed by atoms with Crippen molar-refractivity contribution >= 4 is 5.91 Å². The molecule has 0 heterocycles. The Hall–Kier alpha value is -0.570. The molecule has 0 aromatic carbocycles. The first-order valence-corrected chi connectivity index (χ1v) is 6.56. The molecule has 16 heavy (non-hydrogen) atoms. The van der Waals surface area contributed by atoms with Crippen molar-refractivity contribution in [2.75, 3.05) is 0 Å². The average Bonchev–Trinajstić information content (AvgIpc) is 2.68. The molecule has 0 aromatic heterocycles. The number of carbonyl (C=O) groups excluding carboxylic acids is 1. The standard InChI is InChI=1S/C13H26N2O/c1-9(2)8-12(14)13(16)15-10(3)11-6-4-5-7-11/h9-12H,4-8,14H2,1-3H3,(H,15,16)/t10-,12+/m0/s1. The summed E-state index contributed by atoms with van der Waals surface area (Å²) in [4.78, 5) is 11.8. The molecule has 1 aliphatic carbocycles. The SMILES string of the molecule is CC(C)C[C@@H](N)C(=O)N[C@@H](C)C1CCCC1. The normalized spacial score (nSPS) is 21.1. The minimum absolute atomic E-state index is 0.0214. The highest BCUT2D eigenvalue weighted by atomic mass is 16.2. The van der Waals surface area contributed by atoms with Gasteiger partial charge in [0, 0.05) is 6.04 Å². The van der Waals surface area contributed by atoms with E-state index in [4.69, 9.17) is 5.73 Å². The van der Waals surface area contributed by atoms with Crippen LogP contribution in [-0.4, -0.2) is 18.0 Å². The fraction of sp³-hybridized carbons (Fsp3) is 0.923. The van der Waals surface area contributed by atoms with Gasteiger partial charge < -0.3 is 11.1 Å². The first-order valence-electron chi connectivity index (χ1n) is 6.56. The Morgan fingerprint density at radius 1 is 1.31 bits per heavy atom. The van der Waals surface area contributed by atoms with E-state index in [2.05, 4.69) is 26.1 Å². The van der Waals surface area contributed by atoms with Gasteiger partial charge in [-0.15, -0.1) is 0 Å². The second kappa shape index (κ2) is 6.24. The van der Waals surface area contributed by atoms with Crippen molar-refractivity contribution in [2.24, 2.45) is 17.6 Å². The summed E-state index contributed by atoms with van der Waals surface area (Å²) in [6, 6.07) is -0.0583. The zero-order chi connectivity index (χ0) is 12.1. The molecular weight excluding hydrogens is 200 g/mol. The topological polar surface area (TPSA) is 55.1 Å². The summed E-state index contributed by atoms with van der Waals surface area (Å²) in [6.07, 6.45) is 5.89. The van der Waals surface area contributed by atoms with Crippen LogP contribution in [0.4, 0.5) is 0 Å². The van der Waals surface area contributed by atoms with E-state index in [1.165, 1.54) is 25.7 Å². The maximum atomic E-state index is 11.8. The monoisotopic (exact) mass is 226 g/mol. The highest BCUT2D eigenvalue weighted by molar-refractivity contribution is 5.81. The van der Waals surface area contributed by atoms with E-state index >= 15 is 0 Å². The van der Waals surface area contributed by atoms with Crippen LogP contribution in [0, 0.1) is 11.8 Å². The molecule has 3 nitrogen and oxygen atoms in total. The first kappa shape index (κ1) is 13.5. The van der Waals surface area contributed by atoms with Crippen LogP contribution in [0.25, 0.3) is 0 Å². The van der Waals surface area contributed by atoms with Gasteiger partial charge in [-0.05, 0) is 38.0 Å². The first-order chi connectivity index (χ1) is 7.50. The molecule has 0 saturated heterocycles. The highest BCUT2D eigenvalue weighted by Gasteiger charge is 2.24. The quantitative estimate of drug-likeness (QED) is 0.754. The summed E-state index contributed by atoms with van der Waals surface area (Å²) < 4.78 is 0. The van der Waals surface area contributed by atoms with Gasteiger partial charge in [0.15, 0.2) is 0 Å². The van der Waals surface area contributed by atoms with Crippen molar-refractivity contribution < 1.29 is 4.79 Å². The predicted molar refractivity (Wildman–Crippen MR) is 67.0 cm³/mol. The lowest BCUT2D eigenvalue weighted by Gasteiger charge is -2.23. The predicted octanol–water partition coefficient (Wildman–Crippen LogP) is 2.05. The Bertz CT molecular complexity index is 222. The molecule has 1 fully saturated rings. The van der Waals surface area contributed by atoms with Gasteiger partial charge in [0.1, 0.15) is 0 Å². The fourth-order valence-corrected chi connectivity index (χ4v) is 2.52. The fourth-order valence-electron chi connectivity index (χ4n) is 2.52. The smallest absolute Gasteiger partial charge is 0.237 e. The Morgan fingerprint density at radius 2 is 1.88 bits per heavy atom. The van der Waals surface area contributed by atoms with Crippen LogP contribution in [0.1, 0.15) is 52.9 Å². The molecule has 1 aliphatic rings. The third-order valence-corrected chi connectivity index (χ3v) is 3.54. The maximum absolute atomic E-state index is 11.8. The Kier molecular flexibility index (Phi) is 5.26. The van der Waals surface area contributed by atoms with Crippen LogP contribution in [0.5, 0.6) is 0 Å². The van der Waals surface area contributed by atoms with E-state index in [0.717, 1.165) is 6.42 Å². The zero-order valence-electron chi connectivity index (χ0n) is 10.8. The molecule has 1 amide bonds. The number of carbonyl (C=O) groups is 1. The Balaban J connectivity index is 2.31. The lowest BCUT2D eigenvalue weighted by molar-refractivity contribution is -0.123. The van der Waals surface area contributed by atoms with Gasteiger partial charge in [-0.3, -0.25) is 4.79 Å². The molecule has 0 radical (unpaired) electrons. The molecule has 3 heteroatoms. The molecular formula is C13H26N2O. The highest BCUT2D eigenvalue weighted by Crippen LogP contribution is 2.27. The molecule has 94 valence electrons. The van der Waals surface area contributed by atoms with Gasteiger partial charge in [-0.2, -0.15) is 0 Å². The molecule has 1 rings (SSSR count). The summed E-state index contributed by atoms with van der Waals surface area (Å²) in [5.74, 6) is 1.16. The van der Waals surface area contributed by atoms with Crippen molar-refractivity contribution in [1.82, 2.24) is 5.32 Å². The molecule has 2 atom stereocenters. The van der Waals surface area contributed by atoms with Gasteiger partial charge >= 0.3 is 0 Å². The van der Waals surface area contributed by atoms with Crippen molar-refractivity contribution in [1.29, 1.82) is 0 Å². The minimum Gasteiger partial charge on any atom is -0.352 e. The summed E-state index contributed by atoms with van der Waals surface area (Å²) in [6.45, 7) is 6.29. The van der Waals surface area contributed by atoms with Crippen LogP contribution in [0.2, 0.25) is 0 Å². The number of amides is 1. The molecule has 1 saturated carbocycles. The summed E-state index contributed by atoms with van der Waals surface area (Å²) in [5.41, 5.74) is 5.85. The van der Waals surface area contributed by atoms with Crippen LogP contribution in [0.3, 0.4) is 0 Å². The third-order valence-electron chi connectivity index (χ3n) is 3.54. The van der Waals surface area contributed by atoms with E-state index in [1.807, 2.05) is 0 Å². The molecule has 3 N–H and O–H groups in total. The molecule has 0 bridgehead atoms. The Labute approximate surface area is 99.2 Å². The molecule has 0 aromatic rings. The van der Waals surface area contributed by atoms with Crippen molar-refractivity contribution in [3.8, 4) is 0 Å². The van der Waals surface area contributed by atoms with Crippen molar-refractivity contribution in [3.05, 3.63) is 0 Å². The lowest BCUT2D eigenvalue weighted by atomic mass is 9.98. The molecule has 0 spiro atoms. The van der Waals surface area contributed by atoms with Crippen molar-refractivity contribution in [2.45, 2.75) is 65.0 Å². The van der Waals surface area contributed by atoms with Gasteiger partial charge in [-0.1, -0.05) is 26.7 Å². The maximum Gasteiger partial charge on any atom is 0.237 e. The van der Waals surface area contributed by atoms with Gasteiger partial charge in [0.05, 0.1) is 6.04 Å². The second-order valence-electron chi connectivity index (χ2n) is 5.58. The second-order valence-corrected chi connectivity index (χ2v) is 5.58. The van der Waals surface area contributed by atoms with Crippen LogP contribution in [-0.2, 0) is 4.79 Å². The number of hydrogen-bond donors (Lipinski definition) is 2. The number of nitrogens with one attached hydrogen (secondary N) is 1. The summed E-state index contributed by atoms with van der Waals surface area (Å²) >= 11 is 0. The molecule has 0 unspecified atom stereocenters. The zero-order valence-corrected chi connectivity index (χ0v) is 10.8. The van der Waals surface area contributed by atoms with E-state index in [1.54, 1.807) is 0 Å². The summed E-state index contributed by atoms with van der Waals surface area (Å²) in [7, 11) is 0. The van der Waals surface area contributed by atoms with Crippen LogP contribution in [0.15, 0.2) is 0 Å². The van der Waals surface area contributed by atoms with E-state index < -0.39 is 0 Å². The number of hydrogen-bond acceptors (Lipinski definition) is 2. The number of nitrogens with two attached hydrogens (primary N) is 1. The minimum atomic E-state index is -0.344. The largest absolute Gasteiger partial charge is 0.352 e. The van der Waals surface area contributed by atoms with Gasteiger partial charge in [-0.25, -0.2) is 0 Å². The van der Waals surface area contributed by atoms with Crippen LogP contribution < -0.4 is 11.1 Å². The van der Waals surface area contributed by atoms with Crippen molar-refractivity contribution in [3.63, 3.8) is 0 Å². The van der Waals surface area contributed by atoms with Crippen LogP contribution >= 0.6 is 0 Å². The lowest BCUT2D eigenvalue weighted by Crippen LogP contribution is -2.46. The molecule has 0 aliphatic heterocycles. The van der Waals surface area contributed by atoms with Gasteiger partial charge in [0.2, 0.25) is 5.91 Å². The van der Waals surface area contributed by atoms with E-state index in [-0.39, 0.29) is 18.0 Å². The average molecular weight is 226 g/mol. The Morgan fingerprint density at radius 3 is 2.38 bits per heavy atom.